The summed E-state index contributed by atoms with van der Waals surface area (Å²) >= 11 is 1.58. The third kappa shape index (κ3) is 2.97. The molecule has 2 bridgehead atoms. The van der Waals surface area contributed by atoms with Gasteiger partial charge >= 0.3 is 0 Å². The molecule has 146 valence electrons. The van der Waals surface area contributed by atoms with Crippen LogP contribution in [-0.2, 0) is 17.6 Å². The lowest BCUT2D eigenvalue weighted by Crippen LogP contribution is -2.52. The number of nitrogens with one attached hydrogen (secondary N) is 1. The van der Waals surface area contributed by atoms with Crippen LogP contribution >= 0.6 is 36.2 Å². The van der Waals surface area contributed by atoms with Gasteiger partial charge in [-0.3, -0.25) is 4.79 Å². The number of fused-ring (bicyclic) bond motifs is 2. The lowest BCUT2D eigenvalue weighted by Gasteiger charge is -2.33. The van der Waals surface area contributed by atoms with Crippen LogP contribution in [0.2, 0.25) is 0 Å². The molecule has 3 saturated heterocycles. The number of aryl methyl sites for hydroxylation is 2. The van der Waals surface area contributed by atoms with E-state index in [2.05, 4.69) is 10.3 Å². The molecule has 0 aromatic carbocycles. The van der Waals surface area contributed by atoms with Crippen molar-refractivity contribution in [2.45, 2.75) is 37.4 Å². The van der Waals surface area contributed by atoms with Crippen molar-refractivity contribution in [1.82, 2.24) is 15.2 Å². The Hall–Kier alpha value is -0.440. The van der Waals surface area contributed by atoms with E-state index < -0.39 is 0 Å². The minimum absolute atomic E-state index is 0. The van der Waals surface area contributed by atoms with Crippen LogP contribution < -0.4 is 5.32 Å². The summed E-state index contributed by atoms with van der Waals surface area (Å²) in [6, 6.07) is 0. The molecule has 0 saturated carbocycles. The van der Waals surface area contributed by atoms with Crippen molar-refractivity contribution < 1.29 is 14.6 Å². The summed E-state index contributed by atoms with van der Waals surface area (Å²) in [7, 11) is 0. The Kier molecular flexibility index (Phi) is 5.88. The van der Waals surface area contributed by atoms with E-state index in [9.17, 15) is 9.90 Å². The summed E-state index contributed by atoms with van der Waals surface area (Å²) in [5.74, 6) is 0.393. The predicted octanol–water partition coefficient (Wildman–Crippen LogP) is 1.29. The molecule has 2 N–H and O–H groups in total. The van der Waals surface area contributed by atoms with Crippen molar-refractivity contribution in [2.75, 3.05) is 32.8 Å². The van der Waals surface area contributed by atoms with Gasteiger partial charge in [-0.05, 0) is 25.7 Å². The highest BCUT2D eigenvalue weighted by Gasteiger charge is 2.61. The minimum Gasteiger partial charge on any atom is -0.396 e. The molecule has 4 atom stereocenters. The number of aliphatic hydroxyl groups is 1. The van der Waals surface area contributed by atoms with Gasteiger partial charge in [0.15, 0.2) is 5.01 Å². The summed E-state index contributed by atoms with van der Waals surface area (Å²) in [6.07, 6.45) is 4.54. The molecule has 3 fully saturated rings. The highest BCUT2D eigenvalue weighted by molar-refractivity contribution is 7.13. The number of likely N-dealkylation sites (tertiary alicyclic amines) is 1. The van der Waals surface area contributed by atoms with Crippen LogP contribution in [0.5, 0.6) is 0 Å². The molecule has 1 spiro atoms. The number of halogens is 2. The maximum atomic E-state index is 13.0. The standard InChI is InChI=1S/C17H23N3O3S.2ClH/c21-7-10-11-6-20(9-17(11)8-18-5-13(10)23-17)16(22)15-19-12-3-1-2-4-14(12)24-15;;/h10-11,13,18,21H,1-9H2;2*1H/t10-,11+,13+,17+;;/m0../s1. The number of hydrogen-bond acceptors (Lipinski definition) is 6. The molecule has 4 heterocycles. The number of aliphatic hydroxyl groups excluding tert-OH is 1. The number of ether oxygens (including phenoxy) is 1. The zero-order valence-corrected chi connectivity index (χ0v) is 16.9. The minimum atomic E-state index is -0.317. The van der Waals surface area contributed by atoms with Gasteiger partial charge in [-0.25, -0.2) is 4.98 Å². The van der Waals surface area contributed by atoms with E-state index >= 15 is 0 Å². The predicted molar refractivity (Wildman–Crippen MR) is 104 cm³/mol. The number of carbonyl (C=O) groups excluding carboxylic acids is 1. The molecule has 0 unspecified atom stereocenters. The number of amides is 1. The number of rotatable bonds is 2. The second kappa shape index (κ2) is 7.53. The lowest BCUT2D eigenvalue weighted by molar-refractivity contribution is -0.0726. The average Bonchev–Trinajstić information content (AvgIpc) is 3.22. The van der Waals surface area contributed by atoms with Gasteiger partial charge in [0.05, 0.1) is 18.3 Å². The van der Waals surface area contributed by atoms with Gasteiger partial charge in [0.2, 0.25) is 0 Å². The van der Waals surface area contributed by atoms with Gasteiger partial charge in [-0.15, -0.1) is 36.2 Å². The largest absolute Gasteiger partial charge is 0.396 e. The molecule has 1 amide bonds. The van der Waals surface area contributed by atoms with Gasteiger partial charge in [0, 0.05) is 43.0 Å². The van der Waals surface area contributed by atoms with Crippen LogP contribution in [-0.4, -0.2) is 65.4 Å². The lowest BCUT2D eigenvalue weighted by atomic mass is 9.83. The molecule has 9 heteroatoms. The van der Waals surface area contributed by atoms with Crippen LogP contribution in [0.25, 0.3) is 0 Å². The van der Waals surface area contributed by atoms with Gasteiger partial charge in [-0.1, -0.05) is 0 Å². The van der Waals surface area contributed by atoms with Crippen LogP contribution in [0.4, 0.5) is 0 Å². The highest BCUT2D eigenvalue weighted by atomic mass is 35.5. The molecule has 1 aliphatic carbocycles. The Labute approximate surface area is 169 Å². The first-order valence-corrected chi connectivity index (χ1v) is 9.79. The molecule has 4 aliphatic rings. The molecular formula is C17H25Cl2N3O3S. The number of hydrogen-bond donors (Lipinski definition) is 2. The summed E-state index contributed by atoms with van der Waals surface area (Å²) in [5, 5.41) is 13.9. The van der Waals surface area contributed by atoms with Gasteiger partial charge in [0.1, 0.15) is 5.60 Å². The first kappa shape index (κ1) is 20.3. The Bertz CT molecular complexity index is 665. The smallest absolute Gasteiger partial charge is 0.282 e. The van der Waals surface area contributed by atoms with E-state index in [0.717, 1.165) is 31.6 Å². The quantitative estimate of drug-likeness (QED) is 0.752. The number of aromatic nitrogens is 1. The van der Waals surface area contributed by atoms with Crippen LogP contribution in [0.3, 0.4) is 0 Å². The van der Waals surface area contributed by atoms with Gasteiger partial charge in [-0.2, -0.15) is 0 Å². The van der Waals surface area contributed by atoms with Gasteiger partial charge < -0.3 is 20.1 Å². The fourth-order valence-electron chi connectivity index (χ4n) is 5.03. The van der Waals surface area contributed by atoms with E-state index in [4.69, 9.17) is 4.74 Å². The second-order valence-electron chi connectivity index (χ2n) is 7.59. The number of carbonyl (C=O) groups is 1. The summed E-state index contributed by atoms with van der Waals surface area (Å²) in [6.45, 7) is 2.99. The van der Waals surface area contributed by atoms with E-state index in [1.807, 2.05) is 4.90 Å². The Balaban J connectivity index is 0.000000980. The molecular weight excluding hydrogens is 397 g/mol. The van der Waals surface area contributed by atoms with Crippen molar-refractivity contribution in [3.8, 4) is 0 Å². The van der Waals surface area contributed by atoms with Crippen molar-refractivity contribution >= 4 is 42.1 Å². The molecule has 1 aromatic rings. The van der Waals surface area contributed by atoms with E-state index in [-0.39, 0.29) is 60.9 Å². The molecule has 5 rings (SSSR count). The van der Waals surface area contributed by atoms with Crippen LogP contribution in [0.1, 0.15) is 33.2 Å². The van der Waals surface area contributed by atoms with Crippen molar-refractivity contribution in [1.29, 1.82) is 0 Å². The first-order chi connectivity index (χ1) is 11.7. The first-order valence-electron chi connectivity index (χ1n) is 8.97. The zero-order valence-electron chi connectivity index (χ0n) is 14.5. The maximum Gasteiger partial charge on any atom is 0.282 e. The third-order valence-electron chi connectivity index (χ3n) is 6.23. The Morgan fingerprint density at radius 3 is 2.96 bits per heavy atom. The zero-order chi connectivity index (χ0) is 16.3. The monoisotopic (exact) mass is 421 g/mol. The fourth-order valence-corrected chi connectivity index (χ4v) is 6.15. The summed E-state index contributed by atoms with van der Waals surface area (Å²) in [4.78, 5) is 20.8. The van der Waals surface area contributed by atoms with Crippen LogP contribution in [0, 0.1) is 11.8 Å². The van der Waals surface area contributed by atoms with E-state index in [1.165, 1.54) is 17.7 Å². The number of thiazole rings is 1. The van der Waals surface area contributed by atoms with Crippen molar-refractivity contribution in [3.05, 3.63) is 15.6 Å². The topological polar surface area (TPSA) is 74.7 Å². The SMILES string of the molecule is Cl.Cl.O=C(c1nc2c(s1)CCCC2)N1C[C@@H]2[C@H](CO)[C@H]3CNC[C@]2(C1)O3. The average molecular weight is 422 g/mol. The van der Waals surface area contributed by atoms with Crippen LogP contribution in [0.15, 0.2) is 0 Å². The number of nitrogens with zero attached hydrogens (tertiary/aromatic N) is 2. The van der Waals surface area contributed by atoms with Gasteiger partial charge in [0.25, 0.3) is 5.91 Å². The summed E-state index contributed by atoms with van der Waals surface area (Å²) in [5.41, 5.74) is 0.819. The molecule has 3 aliphatic heterocycles. The van der Waals surface area contributed by atoms with Crippen molar-refractivity contribution in [2.24, 2.45) is 11.8 Å². The third-order valence-corrected chi connectivity index (χ3v) is 7.37. The van der Waals surface area contributed by atoms with E-state index in [1.54, 1.807) is 11.3 Å². The highest BCUT2D eigenvalue weighted by Crippen LogP contribution is 2.47. The molecule has 0 radical (unpaired) electrons. The molecule has 26 heavy (non-hydrogen) atoms. The van der Waals surface area contributed by atoms with Crippen molar-refractivity contribution in [3.63, 3.8) is 0 Å². The second-order valence-corrected chi connectivity index (χ2v) is 8.67. The van der Waals surface area contributed by atoms with E-state index in [0.29, 0.717) is 18.1 Å². The normalized spacial score (nSPS) is 34.5. The molecule has 1 aromatic heterocycles. The Morgan fingerprint density at radius 1 is 1.38 bits per heavy atom. The molecule has 6 nitrogen and oxygen atoms in total. The fraction of sp³-hybridized carbons (Fsp3) is 0.765. The number of morpholine rings is 1. The maximum absolute atomic E-state index is 13.0. The Morgan fingerprint density at radius 2 is 2.19 bits per heavy atom. The summed E-state index contributed by atoms with van der Waals surface area (Å²) < 4.78 is 6.28.